The molecule has 0 saturated heterocycles. The lowest BCUT2D eigenvalue weighted by Crippen LogP contribution is -2.43. The van der Waals surface area contributed by atoms with Gasteiger partial charge in [-0.3, -0.25) is 20.8 Å². The molecule has 21 heavy (non-hydrogen) atoms. The molecule has 0 aliphatic rings. The zero-order valence-corrected chi connectivity index (χ0v) is 12.1. The van der Waals surface area contributed by atoms with Crippen molar-refractivity contribution >= 4 is 27.3 Å². The number of benzene rings is 1. The van der Waals surface area contributed by atoms with Gasteiger partial charge < -0.3 is 10.7 Å². The van der Waals surface area contributed by atoms with Gasteiger partial charge in [-0.25, -0.2) is 8.42 Å². The van der Waals surface area contributed by atoms with Gasteiger partial charge in [-0.1, -0.05) is 0 Å². The van der Waals surface area contributed by atoms with E-state index < -0.39 is 37.5 Å². The third kappa shape index (κ3) is 3.87. The van der Waals surface area contributed by atoms with Crippen molar-refractivity contribution in [3.05, 3.63) is 28.3 Å². The predicted molar refractivity (Wildman–Crippen MR) is 74.8 cm³/mol. The standard InChI is InChI=1S/C10H15N5O5S/c1-6(10(16)12-2)14-21(19,20)9-4-3-7(13-11)5-8(9)15(17)18/h3-6,13-14H,11H2,1-2H3,(H,12,16). The summed E-state index contributed by atoms with van der Waals surface area (Å²) in [6.07, 6.45) is 0. The number of anilines is 1. The van der Waals surface area contributed by atoms with Gasteiger partial charge in [-0.05, 0) is 19.1 Å². The molecule has 1 rings (SSSR count). The highest BCUT2D eigenvalue weighted by Gasteiger charge is 2.29. The zero-order valence-electron chi connectivity index (χ0n) is 11.3. The molecule has 0 saturated carbocycles. The number of rotatable bonds is 6. The van der Waals surface area contributed by atoms with Crippen molar-refractivity contribution in [1.82, 2.24) is 10.0 Å². The number of nitrogen functional groups attached to an aromatic ring is 1. The van der Waals surface area contributed by atoms with Crippen LogP contribution in [0.4, 0.5) is 11.4 Å². The monoisotopic (exact) mass is 317 g/mol. The number of carbonyl (C=O) groups excluding carboxylic acids is 1. The highest BCUT2D eigenvalue weighted by atomic mass is 32.2. The highest BCUT2D eigenvalue weighted by molar-refractivity contribution is 7.89. The third-order valence-corrected chi connectivity index (χ3v) is 4.17. The van der Waals surface area contributed by atoms with Crippen LogP contribution in [0.15, 0.2) is 23.1 Å². The Hall–Kier alpha value is -2.24. The van der Waals surface area contributed by atoms with Crippen LogP contribution < -0.4 is 21.3 Å². The number of hydrogen-bond acceptors (Lipinski definition) is 7. The average Bonchev–Trinajstić information content (AvgIpc) is 2.44. The van der Waals surface area contributed by atoms with Crippen molar-refractivity contribution in [1.29, 1.82) is 0 Å². The van der Waals surface area contributed by atoms with Gasteiger partial charge in [0.1, 0.15) is 0 Å². The second-order valence-electron chi connectivity index (χ2n) is 4.04. The van der Waals surface area contributed by atoms with Crippen molar-refractivity contribution in [2.24, 2.45) is 5.84 Å². The number of nitro benzene ring substituents is 1. The Kier molecular flexibility index (Phi) is 5.18. The van der Waals surface area contributed by atoms with Gasteiger partial charge in [-0.15, -0.1) is 0 Å². The zero-order chi connectivity index (χ0) is 16.2. The van der Waals surface area contributed by atoms with Crippen molar-refractivity contribution in [2.75, 3.05) is 12.5 Å². The molecule has 0 fully saturated rings. The van der Waals surface area contributed by atoms with Gasteiger partial charge in [0.15, 0.2) is 4.90 Å². The molecular weight excluding hydrogens is 302 g/mol. The van der Waals surface area contributed by atoms with Crippen LogP contribution in [-0.4, -0.2) is 32.3 Å². The Balaban J connectivity index is 3.25. The van der Waals surface area contributed by atoms with Crippen LogP contribution >= 0.6 is 0 Å². The summed E-state index contributed by atoms with van der Waals surface area (Å²) in [6, 6.07) is 2.21. The first-order chi connectivity index (χ1) is 9.72. The molecule has 1 amide bonds. The normalized spacial score (nSPS) is 12.5. The summed E-state index contributed by atoms with van der Waals surface area (Å²) < 4.78 is 26.3. The fourth-order valence-corrected chi connectivity index (χ4v) is 2.90. The van der Waals surface area contributed by atoms with E-state index in [2.05, 4.69) is 15.5 Å². The van der Waals surface area contributed by atoms with Crippen molar-refractivity contribution in [2.45, 2.75) is 17.9 Å². The second-order valence-corrected chi connectivity index (χ2v) is 5.72. The summed E-state index contributed by atoms with van der Waals surface area (Å²) in [5, 5.41) is 13.2. The molecule has 1 aromatic rings. The number of sulfonamides is 1. The van der Waals surface area contributed by atoms with E-state index in [9.17, 15) is 23.3 Å². The Morgan fingerprint density at radius 3 is 2.52 bits per heavy atom. The largest absolute Gasteiger partial charge is 0.358 e. The molecule has 0 aliphatic carbocycles. The Labute approximate surface area is 120 Å². The molecule has 1 unspecified atom stereocenters. The van der Waals surface area contributed by atoms with Crippen LogP contribution in [0, 0.1) is 10.1 Å². The van der Waals surface area contributed by atoms with E-state index in [0.717, 1.165) is 12.1 Å². The third-order valence-electron chi connectivity index (χ3n) is 2.58. The average molecular weight is 317 g/mol. The van der Waals surface area contributed by atoms with Crippen LogP contribution in [0.3, 0.4) is 0 Å². The minimum atomic E-state index is -4.24. The Morgan fingerprint density at radius 1 is 1.43 bits per heavy atom. The number of nitrogens with one attached hydrogen (secondary N) is 3. The van der Waals surface area contributed by atoms with E-state index in [1.165, 1.54) is 20.0 Å². The highest BCUT2D eigenvalue weighted by Crippen LogP contribution is 2.26. The van der Waals surface area contributed by atoms with Gasteiger partial charge in [0.2, 0.25) is 15.9 Å². The maximum Gasteiger partial charge on any atom is 0.291 e. The molecular formula is C10H15N5O5S. The maximum atomic E-state index is 12.1. The first kappa shape index (κ1) is 16.8. The first-order valence-electron chi connectivity index (χ1n) is 5.72. The van der Waals surface area contributed by atoms with Crippen LogP contribution in [0.25, 0.3) is 0 Å². The van der Waals surface area contributed by atoms with E-state index in [-0.39, 0.29) is 5.69 Å². The fraction of sp³-hybridized carbons (Fsp3) is 0.300. The molecule has 0 aromatic heterocycles. The summed E-state index contributed by atoms with van der Waals surface area (Å²) in [7, 11) is -2.89. The van der Waals surface area contributed by atoms with Crippen LogP contribution in [0.5, 0.6) is 0 Å². The van der Waals surface area contributed by atoms with Gasteiger partial charge in [0, 0.05) is 13.1 Å². The van der Waals surface area contributed by atoms with E-state index in [1.807, 2.05) is 0 Å². The molecule has 0 heterocycles. The quantitative estimate of drug-likeness (QED) is 0.307. The molecule has 11 heteroatoms. The predicted octanol–water partition coefficient (Wildman–Crippen LogP) is -0.707. The minimum absolute atomic E-state index is 0.181. The van der Waals surface area contributed by atoms with Crippen molar-refractivity contribution in [3.8, 4) is 0 Å². The molecule has 0 radical (unpaired) electrons. The SMILES string of the molecule is CNC(=O)C(C)NS(=O)(=O)c1ccc(NN)cc1[N+](=O)[O-]. The van der Waals surface area contributed by atoms with E-state index in [1.54, 1.807) is 0 Å². The number of hydrazine groups is 1. The summed E-state index contributed by atoms with van der Waals surface area (Å²) >= 11 is 0. The molecule has 10 nitrogen and oxygen atoms in total. The summed E-state index contributed by atoms with van der Waals surface area (Å²) in [5.74, 6) is 4.56. The molecule has 0 bridgehead atoms. The van der Waals surface area contributed by atoms with Crippen molar-refractivity contribution < 1.29 is 18.1 Å². The fourth-order valence-electron chi connectivity index (χ4n) is 1.54. The Bertz CT molecular complexity index is 660. The number of amides is 1. The molecule has 116 valence electrons. The number of carbonyl (C=O) groups is 1. The topological polar surface area (TPSA) is 156 Å². The lowest BCUT2D eigenvalue weighted by Gasteiger charge is -2.13. The van der Waals surface area contributed by atoms with Gasteiger partial charge >= 0.3 is 0 Å². The molecule has 1 atom stereocenters. The van der Waals surface area contributed by atoms with Crippen LogP contribution in [0.1, 0.15) is 6.92 Å². The molecule has 0 spiro atoms. The van der Waals surface area contributed by atoms with E-state index >= 15 is 0 Å². The minimum Gasteiger partial charge on any atom is -0.358 e. The first-order valence-corrected chi connectivity index (χ1v) is 7.20. The maximum absolute atomic E-state index is 12.1. The van der Waals surface area contributed by atoms with Gasteiger partial charge in [0.05, 0.1) is 16.7 Å². The summed E-state index contributed by atoms with van der Waals surface area (Å²) in [6.45, 7) is 1.32. The van der Waals surface area contributed by atoms with Gasteiger partial charge in [0.25, 0.3) is 5.69 Å². The second kappa shape index (κ2) is 6.47. The van der Waals surface area contributed by atoms with E-state index in [4.69, 9.17) is 5.84 Å². The summed E-state index contributed by atoms with van der Waals surface area (Å²) in [5.41, 5.74) is 1.71. The number of nitrogens with two attached hydrogens (primary N) is 1. The van der Waals surface area contributed by atoms with Crippen molar-refractivity contribution in [3.63, 3.8) is 0 Å². The lowest BCUT2D eigenvalue weighted by atomic mass is 10.3. The van der Waals surface area contributed by atoms with Crippen LogP contribution in [0.2, 0.25) is 0 Å². The van der Waals surface area contributed by atoms with E-state index in [0.29, 0.717) is 0 Å². The Morgan fingerprint density at radius 2 is 2.05 bits per heavy atom. The number of nitro groups is 1. The molecule has 1 aromatic carbocycles. The van der Waals surface area contributed by atoms with Crippen LogP contribution in [-0.2, 0) is 14.8 Å². The van der Waals surface area contributed by atoms with Gasteiger partial charge in [-0.2, -0.15) is 4.72 Å². The smallest absolute Gasteiger partial charge is 0.291 e. The lowest BCUT2D eigenvalue weighted by molar-refractivity contribution is -0.387. The number of likely N-dealkylation sites (N-methyl/N-ethyl adjacent to an activating group) is 1. The number of nitrogens with zero attached hydrogens (tertiary/aromatic N) is 1. The number of hydrogen-bond donors (Lipinski definition) is 4. The molecule has 0 aliphatic heterocycles. The molecule has 5 N–H and O–H groups in total. The summed E-state index contributed by atoms with van der Waals surface area (Å²) in [4.78, 5) is 20.9.